The summed E-state index contributed by atoms with van der Waals surface area (Å²) >= 11 is 0. The van der Waals surface area contributed by atoms with E-state index in [2.05, 4.69) is 9.97 Å². The Morgan fingerprint density at radius 2 is 2.10 bits per heavy atom. The van der Waals surface area contributed by atoms with E-state index in [0.29, 0.717) is 19.3 Å². The molecule has 4 heteroatoms. The molecule has 0 radical (unpaired) electrons. The number of rotatable bonds is 6. The van der Waals surface area contributed by atoms with Crippen molar-refractivity contribution in [3.8, 4) is 5.75 Å². The molecule has 0 aliphatic rings. The van der Waals surface area contributed by atoms with E-state index in [0.717, 1.165) is 28.1 Å². The van der Waals surface area contributed by atoms with Crippen LogP contribution in [0.3, 0.4) is 0 Å². The molecule has 0 amide bonds. The minimum Gasteiger partial charge on any atom is -0.496 e. The van der Waals surface area contributed by atoms with Gasteiger partial charge in [0.25, 0.3) is 0 Å². The third-order valence-corrected chi connectivity index (χ3v) is 3.53. The summed E-state index contributed by atoms with van der Waals surface area (Å²) in [6.07, 6.45) is 6.86. The number of aryl methyl sites for hydroxylation is 2. The van der Waals surface area contributed by atoms with Gasteiger partial charge in [0.2, 0.25) is 0 Å². The predicted molar refractivity (Wildman–Crippen MR) is 81.5 cm³/mol. The number of nitrogens with zero attached hydrogens (tertiary/aromatic N) is 2. The predicted octanol–water partition coefficient (Wildman–Crippen LogP) is 2.85. The normalized spacial score (nSPS) is 10.4. The molecular weight excluding hydrogens is 264 g/mol. The van der Waals surface area contributed by atoms with Crippen LogP contribution in [-0.4, -0.2) is 22.9 Å². The molecular formula is C17H20N2O2. The van der Waals surface area contributed by atoms with Crippen molar-refractivity contribution in [1.82, 2.24) is 9.97 Å². The summed E-state index contributed by atoms with van der Waals surface area (Å²) in [7, 11) is 1.64. The van der Waals surface area contributed by atoms with Crippen LogP contribution in [-0.2, 0) is 17.6 Å². The summed E-state index contributed by atoms with van der Waals surface area (Å²) in [5.41, 5.74) is 3.82. The summed E-state index contributed by atoms with van der Waals surface area (Å²) in [6.45, 7) is 3.90. The first-order chi connectivity index (χ1) is 10.1. The number of methoxy groups -OCH3 is 1. The average molecular weight is 284 g/mol. The molecule has 0 aliphatic heterocycles. The van der Waals surface area contributed by atoms with Gasteiger partial charge in [0, 0.05) is 42.6 Å². The standard InChI is InChI=1S/C17H20N2O2/c1-12-10-19-16(13(2)17(12)21-3)9-15(20)7-6-14-5-4-8-18-11-14/h4-5,8,10-11H,6-7,9H2,1-3H3. The van der Waals surface area contributed by atoms with Gasteiger partial charge in [0.05, 0.1) is 12.8 Å². The van der Waals surface area contributed by atoms with E-state index < -0.39 is 0 Å². The lowest BCUT2D eigenvalue weighted by atomic mass is 10.0. The zero-order valence-corrected chi connectivity index (χ0v) is 12.7. The number of aromatic nitrogens is 2. The Hall–Kier alpha value is -2.23. The first kappa shape index (κ1) is 15.2. The molecule has 4 nitrogen and oxygen atoms in total. The van der Waals surface area contributed by atoms with Gasteiger partial charge in [-0.15, -0.1) is 0 Å². The average Bonchev–Trinajstić information content (AvgIpc) is 2.50. The summed E-state index contributed by atoms with van der Waals surface area (Å²) in [4.78, 5) is 20.5. The number of carbonyl (C=O) groups excluding carboxylic acids is 1. The van der Waals surface area contributed by atoms with Crippen LogP contribution in [0.15, 0.2) is 30.7 Å². The van der Waals surface area contributed by atoms with E-state index in [1.807, 2.05) is 26.0 Å². The molecule has 21 heavy (non-hydrogen) atoms. The Bertz CT molecular complexity index is 624. The highest BCUT2D eigenvalue weighted by Crippen LogP contribution is 2.24. The van der Waals surface area contributed by atoms with Gasteiger partial charge in [-0.3, -0.25) is 14.8 Å². The summed E-state index contributed by atoms with van der Waals surface area (Å²) in [5, 5.41) is 0. The molecule has 2 rings (SSSR count). The van der Waals surface area contributed by atoms with Crippen LogP contribution in [0.2, 0.25) is 0 Å². The Labute approximate surface area is 125 Å². The number of pyridine rings is 2. The Morgan fingerprint density at radius 3 is 2.76 bits per heavy atom. The molecule has 0 N–H and O–H groups in total. The van der Waals surface area contributed by atoms with E-state index in [1.165, 1.54) is 0 Å². The highest BCUT2D eigenvalue weighted by molar-refractivity contribution is 5.81. The zero-order chi connectivity index (χ0) is 15.2. The van der Waals surface area contributed by atoms with Gasteiger partial charge < -0.3 is 4.74 Å². The van der Waals surface area contributed by atoms with E-state index in [1.54, 1.807) is 25.7 Å². The van der Waals surface area contributed by atoms with Crippen molar-refractivity contribution in [2.24, 2.45) is 0 Å². The van der Waals surface area contributed by atoms with Gasteiger partial charge in [-0.2, -0.15) is 0 Å². The fraction of sp³-hybridized carbons (Fsp3) is 0.353. The number of ketones is 1. The quantitative estimate of drug-likeness (QED) is 0.818. The van der Waals surface area contributed by atoms with Gasteiger partial charge in [0.15, 0.2) is 0 Å². The lowest BCUT2D eigenvalue weighted by Crippen LogP contribution is -2.08. The molecule has 0 saturated carbocycles. The summed E-state index contributed by atoms with van der Waals surface area (Å²) in [5.74, 6) is 1.00. The lowest BCUT2D eigenvalue weighted by molar-refractivity contribution is -0.118. The molecule has 2 aromatic rings. The van der Waals surface area contributed by atoms with Gasteiger partial charge in [0.1, 0.15) is 11.5 Å². The van der Waals surface area contributed by atoms with Crippen molar-refractivity contribution in [3.63, 3.8) is 0 Å². The van der Waals surface area contributed by atoms with Crippen molar-refractivity contribution < 1.29 is 9.53 Å². The Kier molecular flexibility index (Phi) is 5.04. The number of hydrogen-bond donors (Lipinski definition) is 0. The van der Waals surface area contributed by atoms with Crippen LogP contribution in [0.5, 0.6) is 5.75 Å². The van der Waals surface area contributed by atoms with Crippen LogP contribution >= 0.6 is 0 Å². The fourth-order valence-corrected chi connectivity index (χ4v) is 2.35. The Balaban J connectivity index is 2.00. The Morgan fingerprint density at radius 1 is 1.29 bits per heavy atom. The third kappa shape index (κ3) is 3.88. The molecule has 0 unspecified atom stereocenters. The number of ether oxygens (including phenoxy) is 1. The van der Waals surface area contributed by atoms with Crippen LogP contribution in [0.25, 0.3) is 0 Å². The molecule has 0 fully saturated rings. The second kappa shape index (κ2) is 6.97. The van der Waals surface area contributed by atoms with E-state index in [4.69, 9.17) is 4.74 Å². The van der Waals surface area contributed by atoms with E-state index >= 15 is 0 Å². The topological polar surface area (TPSA) is 52.1 Å². The molecule has 0 spiro atoms. The fourth-order valence-electron chi connectivity index (χ4n) is 2.35. The highest BCUT2D eigenvalue weighted by atomic mass is 16.5. The molecule has 0 aliphatic carbocycles. The molecule has 0 saturated heterocycles. The molecule has 0 atom stereocenters. The van der Waals surface area contributed by atoms with Gasteiger partial charge in [-0.05, 0) is 31.9 Å². The smallest absolute Gasteiger partial charge is 0.139 e. The second-order valence-corrected chi connectivity index (χ2v) is 5.12. The third-order valence-electron chi connectivity index (χ3n) is 3.53. The number of carbonyl (C=O) groups is 1. The molecule has 0 aromatic carbocycles. The van der Waals surface area contributed by atoms with Crippen molar-refractivity contribution in [3.05, 3.63) is 53.1 Å². The van der Waals surface area contributed by atoms with Crippen molar-refractivity contribution in [1.29, 1.82) is 0 Å². The van der Waals surface area contributed by atoms with Crippen molar-refractivity contribution in [2.45, 2.75) is 33.1 Å². The van der Waals surface area contributed by atoms with Crippen molar-refractivity contribution >= 4 is 5.78 Å². The van der Waals surface area contributed by atoms with E-state index in [-0.39, 0.29) is 5.78 Å². The highest BCUT2D eigenvalue weighted by Gasteiger charge is 2.13. The number of hydrogen-bond acceptors (Lipinski definition) is 4. The maximum absolute atomic E-state index is 12.1. The minimum atomic E-state index is 0.181. The van der Waals surface area contributed by atoms with Gasteiger partial charge >= 0.3 is 0 Å². The van der Waals surface area contributed by atoms with E-state index in [9.17, 15) is 4.79 Å². The van der Waals surface area contributed by atoms with Gasteiger partial charge in [-0.1, -0.05) is 6.07 Å². The number of Topliss-reactive ketones (excluding diaryl/α,β-unsaturated/α-hetero) is 1. The maximum Gasteiger partial charge on any atom is 0.139 e. The zero-order valence-electron chi connectivity index (χ0n) is 12.7. The maximum atomic E-state index is 12.1. The van der Waals surface area contributed by atoms with Crippen LogP contribution in [0.4, 0.5) is 0 Å². The first-order valence-electron chi connectivity index (χ1n) is 7.01. The molecule has 110 valence electrons. The lowest BCUT2D eigenvalue weighted by Gasteiger charge is -2.11. The van der Waals surface area contributed by atoms with Gasteiger partial charge in [-0.25, -0.2) is 0 Å². The summed E-state index contributed by atoms with van der Waals surface area (Å²) in [6, 6.07) is 3.87. The second-order valence-electron chi connectivity index (χ2n) is 5.12. The minimum absolute atomic E-state index is 0.181. The van der Waals surface area contributed by atoms with Crippen molar-refractivity contribution in [2.75, 3.05) is 7.11 Å². The first-order valence-corrected chi connectivity index (χ1v) is 7.01. The van der Waals surface area contributed by atoms with Crippen LogP contribution < -0.4 is 4.74 Å². The molecule has 2 heterocycles. The molecule has 0 bridgehead atoms. The SMILES string of the molecule is COc1c(C)cnc(CC(=O)CCc2cccnc2)c1C. The molecule has 2 aromatic heterocycles. The monoisotopic (exact) mass is 284 g/mol. The summed E-state index contributed by atoms with van der Waals surface area (Å²) < 4.78 is 5.37. The van der Waals surface area contributed by atoms with Crippen LogP contribution in [0, 0.1) is 13.8 Å². The largest absolute Gasteiger partial charge is 0.496 e. The van der Waals surface area contributed by atoms with Crippen LogP contribution in [0.1, 0.15) is 28.8 Å².